The zero-order valence-corrected chi connectivity index (χ0v) is 16.5. The van der Waals surface area contributed by atoms with E-state index in [0.717, 1.165) is 16.9 Å². The van der Waals surface area contributed by atoms with Crippen LogP contribution in [0.25, 0.3) is 0 Å². The topological polar surface area (TPSA) is 75.7 Å². The minimum Gasteiger partial charge on any atom is -0.497 e. The molecule has 1 N–H and O–H groups in total. The van der Waals surface area contributed by atoms with Crippen LogP contribution in [0, 0.1) is 0 Å². The average molecular weight is 391 g/mol. The Morgan fingerprint density at radius 3 is 2.30 bits per heavy atom. The number of hydrogen-bond donors (Lipinski definition) is 1. The molecule has 2 aromatic carbocycles. The van der Waals surface area contributed by atoms with Crippen molar-refractivity contribution in [1.82, 2.24) is 9.62 Å². The normalized spacial score (nSPS) is 11.2. The second kappa shape index (κ2) is 10.1. The molecular weight excluding hydrogens is 364 g/mol. The van der Waals surface area contributed by atoms with Gasteiger partial charge >= 0.3 is 0 Å². The molecule has 0 aliphatic heterocycles. The van der Waals surface area contributed by atoms with Crippen LogP contribution in [-0.2, 0) is 27.8 Å². The zero-order chi connectivity index (χ0) is 19.7. The number of carbonyl (C=O) groups excluding carboxylic acids is 1. The fraction of sp³-hybridized carbons (Fsp3) is 0.350. The van der Waals surface area contributed by atoms with E-state index in [9.17, 15) is 13.2 Å². The molecule has 1 amide bonds. The number of nitrogens with zero attached hydrogens (tertiary/aromatic N) is 1. The molecule has 2 rings (SSSR count). The summed E-state index contributed by atoms with van der Waals surface area (Å²) in [6, 6.07) is 16.9. The number of benzene rings is 2. The molecule has 0 heterocycles. The van der Waals surface area contributed by atoms with Crippen molar-refractivity contribution in [3.8, 4) is 5.75 Å². The van der Waals surface area contributed by atoms with E-state index in [-0.39, 0.29) is 18.2 Å². The molecule has 146 valence electrons. The maximum absolute atomic E-state index is 12.2. The van der Waals surface area contributed by atoms with Crippen molar-refractivity contribution in [2.75, 3.05) is 26.0 Å². The molecule has 0 atom stereocenters. The van der Waals surface area contributed by atoms with Crippen molar-refractivity contribution in [2.45, 2.75) is 19.9 Å². The van der Waals surface area contributed by atoms with Gasteiger partial charge < -0.3 is 9.64 Å². The Morgan fingerprint density at radius 2 is 1.70 bits per heavy atom. The van der Waals surface area contributed by atoms with E-state index in [1.54, 1.807) is 12.0 Å². The van der Waals surface area contributed by atoms with Crippen molar-refractivity contribution < 1.29 is 17.9 Å². The Hall–Kier alpha value is -2.38. The van der Waals surface area contributed by atoms with Gasteiger partial charge in [-0.15, -0.1) is 0 Å². The first-order valence-corrected chi connectivity index (χ1v) is 10.4. The number of carbonyl (C=O) groups is 1. The van der Waals surface area contributed by atoms with Crippen LogP contribution in [0.15, 0.2) is 54.6 Å². The lowest BCUT2D eigenvalue weighted by atomic mass is 10.2. The SMILES string of the molecule is COc1ccc(CN(CCNS(=O)(=O)CCc2ccccc2)C(C)=O)cc1. The highest BCUT2D eigenvalue weighted by Gasteiger charge is 2.13. The first kappa shape index (κ1) is 20.9. The average Bonchev–Trinajstić information content (AvgIpc) is 2.67. The Morgan fingerprint density at radius 1 is 1.04 bits per heavy atom. The second-order valence-electron chi connectivity index (χ2n) is 6.24. The van der Waals surface area contributed by atoms with Gasteiger partial charge in [0.05, 0.1) is 12.9 Å². The Bertz CT molecular complexity index is 821. The van der Waals surface area contributed by atoms with Gasteiger partial charge in [-0.25, -0.2) is 13.1 Å². The van der Waals surface area contributed by atoms with Crippen molar-refractivity contribution in [2.24, 2.45) is 0 Å². The Labute approximate surface area is 161 Å². The zero-order valence-electron chi connectivity index (χ0n) is 15.7. The summed E-state index contributed by atoms with van der Waals surface area (Å²) >= 11 is 0. The molecule has 7 heteroatoms. The molecule has 0 bridgehead atoms. The summed E-state index contributed by atoms with van der Waals surface area (Å²) < 4.78 is 32.0. The van der Waals surface area contributed by atoms with Gasteiger partial charge in [-0.3, -0.25) is 4.79 Å². The minimum absolute atomic E-state index is 0.0234. The predicted octanol–water partition coefficient (Wildman–Crippen LogP) is 2.21. The van der Waals surface area contributed by atoms with Crippen LogP contribution in [0.1, 0.15) is 18.1 Å². The van der Waals surface area contributed by atoms with E-state index in [0.29, 0.717) is 19.5 Å². The van der Waals surface area contributed by atoms with Crippen molar-refractivity contribution in [1.29, 1.82) is 0 Å². The lowest BCUT2D eigenvalue weighted by molar-refractivity contribution is -0.129. The quantitative estimate of drug-likeness (QED) is 0.675. The largest absolute Gasteiger partial charge is 0.497 e. The van der Waals surface area contributed by atoms with E-state index in [1.165, 1.54) is 6.92 Å². The van der Waals surface area contributed by atoms with Gasteiger partial charge in [0, 0.05) is 26.6 Å². The molecule has 6 nitrogen and oxygen atoms in total. The Balaban J connectivity index is 1.83. The standard InChI is InChI=1S/C20H26N2O4S/c1-17(23)22(16-19-8-10-20(26-2)11-9-19)14-13-21-27(24,25)15-12-18-6-4-3-5-7-18/h3-11,21H,12-16H2,1-2H3. The molecule has 0 saturated heterocycles. The van der Waals surface area contributed by atoms with Crippen molar-refractivity contribution in [3.63, 3.8) is 0 Å². The first-order valence-electron chi connectivity index (χ1n) is 8.79. The van der Waals surface area contributed by atoms with Gasteiger partial charge in [0.1, 0.15) is 5.75 Å². The highest BCUT2D eigenvalue weighted by atomic mass is 32.2. The summed E-state index contributed by atoms with van der Waals surface area (Å²) in [6.45, 7) is 2.40. The van der Waals surface area contributed by atoms with Gasteiger partial charge in [0.2, 0.25) is 15.9 Å². The third-order valence-electron chi connectivity index (χ3n) is 4.18. The maximum atomic E-state index is 12.2. The van der Waals surface area contributed by atoms with Crippen LogP contribution >= 0.6 is 0 Å². The van der Waals surface area contributed by atoms with Gasteiger partial charge in [-0.1, -0.05) is 42.5 Å². The van der Waals surface area contributed by atoms with E-state index in [4.69, 9.17) is 4.74 Å². The molecule has 0 unspecified atom stereocenters. The Kier molecular flexibility index (Phi) is 7.82. The number of hydrogen-bond acceptors (Lipinski definition) is 4. The molecule has 0 aliphatic carbocycles. The third kappa shape index (κ3) is 7.40. The van der Waals surface area contributed by atoms with Crippen molar-refractivity contribution >= 4 is 15.9 Å². The molecule has 27 heavy (non-hydrogen) atoms. The number of amides is 1. The van der Waals surface area contributed by atoms with Crippen LogP contribution in [0.4, 0.5) is 0 Å². The van der Waals surface area contributed by atoms with Gasteiger partial charge in [0.15, 0.2) is 0 Å². The van der Waals surface area contributed by atoms with E-state index < -0.39 is 10.0 Å². The van der Waals surface area contributed by atoms with Gasteiger partial charge in [0.25, 0.3) is 0 Å². The molecular formula is C20H26N2O4S. The highest BCUT2D eigenvalue weighted by molar-refractivity contribution is 7.89. The predicted molar refractivity (Wildman–Crippen MR) is 106 cm³/mol. The van der Waals surface area contributed by atoms with Gasteiger partial charge in [-0.2, -0.15) is 0 Å². The number of ether oxygens (including phenoxy) is 1. The van der Waals surface area contributed by atoms with E-state index >= 15 is 0 Å². The fourth-order valence-corrected chi connectivity index (χ4v) is 3.66. The summed E-state index contributed by atoms with van der Waals surface area (Å²) in [5.74, 6) is 0.670. The summed E-state index contributed by atoms with van der Waals surface area (Å²) in [6.07, 6.45) is 0.457. The second-order valence-corrected chi connectivity index (χ2v) is 8.16. The number of rotatable bonds is 10. The molecule has 0 radical (unpaired) electrons. The van der Waals surface area contributed by atoms with E-state index in [2.05, 4.69) is 4.72 Å². The van der Waals surface area contributed by atoms with Crippen LogP contribution in [-0.4, -0.2) is 45.2 Å². The summed E-state index contributed by atoms with van der Waals surface area (Å²) in [5, 5.41) is 0. The third-order valence-corrected chi connectivity index (χ3v) is 5.57. The summed E-state index contributed by atoms with van der Waals surface area (Å²) in [4.78, 5) is 13.5. The number of nitrogens with one attached hydrogen (secondary N) is 1. The molecule has 2 aromatic rings. The van der Waals surface area contributed by atoms with E-state index in [1.807, 2.05) is 54.6 Å². The maximum Gasteiger partial charge on any atom is 0.219 e. The molecule has 0 aliphatic rings. The first-order chi connectivity index (χ1) is 12.9. The summed E-state index contributed by atoms with van der Waals surface area (Å²) in [5.41, 5.74) is 1.94. The number of sulfonamides is 1. The lowest BCUT2D eigenvalue weighted by Crippen LogP contribution is -2.38. The lowest BCUT2D eigenvalue weighted by Gasteiger charge is -2.21. The summed E-state index contributed by atoms with van der Waals surface area (Å²) in [7, 11) is -1.79. The van der Waals surface area contributed by atoms with Gasteiger partial charge in [-0.05, 0) is 29.7 Å². The monoisotopic (exact) mass is 390 g/mol. The minimum atomic E-state index is -3.39. The molecule has 0 aromatic heterocycles. The van der Waals surface area contributed by atoms with Crippen LogP contribution in [0.3, 0.4) is 0 Å². The molecule has 0 fully saturated rings. The molecule has 0 spiro atoms. The van der Waals surface area contributed by atoms with Crippen LogP contribution in [0.5, 0.6) is 5.75 Å². The van der Waals surface area contributed by atoms with Crippen molar-refractivity contribution in [3.05, 3.63) is 65.7 Å². The van der Waals surface area contributed by atoms with Crippen LogP contribution in [0.2, 0.25) is 0 Å². The highest BCUT2D eigenvalue weighted by Crippen LogP contribution is 2.13. The smallest absolute Gasteiger partial charge is 0.219 e. The number of aryl methyl sites for hydroxylation is 1. The molecule has 0 saturated carbocycles. The number of methoxy groups -OCH3 is 1. The van der Waals surface area contributed by atoms with Crippen LogP contribution < -0.4 is 9.46 Å². The fourth-order valence-electron chi connectivity index (χ4n) is 2.60.